The molecule has 0 radical (unpaired) electrons. The van der Waals surface area contributed by atoms with Crippen molar-refractivity contribution in [2.24, 2.45) is 4.99 Å². The molecule has 0 bridgehead atoms. The van der Waals surface area contributed by atoms with Crippen molar-refractivity contribution in [1.82, 2.24) is 4.90 Å². The smallest absolute Gasteiger partial charge is 0.0949 e. The molecular weight excluding hydrogens is 268 g/mol. The van der Waals surface area contributed by atoms with Gasteiger partial charge in [0.25, 0.3) is 0 Å². The molecule has 126 valence electrons. The van der Waals surface area contributed by atoms with E-state index in [1.165, 1.54) is 57.8 Å². The van der Waals surface area contributed by atoms with Crippen molar-refractivity contribution in [2.75, 3.05) is 0 Å². The van der Waals surface area contributed by atoms with Gasteiger partial charge in [0.15, 0.2) is 0 Å². The standard InChI is InChI=1S/C20H36N2/c1-6-10-13-15-17-20(5,16-14-11-7-2)22(9-4)19-21-18-12-8-3/h8-9,12,18-19H,3-4,6-7,10-11,13-17H2,1-2,5H3/b18-12-,21-19-. The highest BCUT2D eigenvalue weighted by atomic mass is 15.2. The highest BCUT2D eigenvalue weighted by molar-refractivity contribution is 5.58. The zero-order chi connectivity index (χ0) is 16.7. The zero-order valence-corrected chi connectivity index (χ0v) is 15.1. The van der Waals surface area contributed by atoms with E-state index in [1.807, 2.05) is 18.6 Å². The van der Waals surface area contributed by atoms with Crippen LogP contribution in [-0.4, -0.2) is 16.8 Å². The van der Waals surface area contributed by atoms with Gasteiger partial charge >= 0.3 is 0 Å². The number of nitrogens with zero attached hydrogens (tertiary/aromatic N) is 2. The van der Waals surface area contributed by atoms with Crippen molar-refractivity contribution < 1.29 is 0 Å². The second kappa shape index (κ2) is 13.4. The average Bonchev–Trinajstić information content (AvgIpc) is 2.52. The van der Waals surface area contributed by atoms with E-state index in [1.54, 1.807) is 12.3 Å². The van der Waals surface area contributed by atoms with Crippen molar-refractivity contribution in [2.45, 2.75) is 84.1 Å². The van der Waals surface area contributed by atoms with Crippen LogP contribution in [-0.2, 0) is 0 Å². The number of unbranched alkanes of at least 4 members (excludes halogenated alkanes) is 5. The van der Waals surface area contributed by atoms with Gasteiger partial charge in [-0.05, 0) is 32.0 Å². The topological polar surface area (TPSA) is 15.6 Å². The van der Waals surface area contributed by atoms with Gasteiger partial charge in [-0.1, -0.05) is 78.0 Å². The minimum absolute atomic E-state index is 0.121. The molecule has 2 heteroatoms. The normalized spacial score (nSPS) is 14.3. The molecule has 0 aliphatic rings. The minimum Gasteiger partial charge on any atom is -0.334 e. The van der Waals surface area contributed by atoms with Crippen LogP contribution in [0.5, 0.6) is 0 Å². The van der Waals surface area contributed by atoms with Gasteiger partial charge in [0, 0.05) is 11.7 Å². The van der Waals surface area contributed by atoms with Gasteiger partial charge < -0.3 is 4.90 Å². The third kappa shape index (κ3) is 8.86. The Morgan fingerprint density at radius 3 is 2.09 bits per heavy atom. The highest BCUT2D eigenvalue weighted by Gasteiger charge is 2.27. The van der Waals surface area contributed by atoms with E-state index in [4.69, 9.17) is 0 Å². The molecule has 0 aliphatic heterocycles. The van der Waals surface area contributed by atoms with Crippen LogP contribution >= 0.6 is 0 Å². The molecule has 0 fully saturated rings. The first kappa shape index (κ1) is 20.7. The van der Waals surface area contributed by atoms with Crippen LogP contribution in [0.25, 0.3) is 0 Å². The fourth-order valence-electron chi connectivity index (χ4n) is 2.70. The maximum atomic E-state index is 4.35. The molecule has 0 aromatic heterocycles. The predicted octanol–water partition coefficient (Wildman–Crippen LogP) is 6.47. The van der Waals surface area contributed by atoms with E-state index < -0.39 is 0 Å². The molecule has 1 atom stereocenters. The Labute approximate surface area is 138 Å². The number of hydrogen-bond donors (Lipinski definition) is 0. The summed E-state index contributed by atoms with van der Waals surface area (Å²) in [4.78, 5) is 6.55. The Morgan fingerprint density at radius 2 is 1.55 bits per heavy atom. The molecule has 0 heterocycles. The van der Waals surface area contributed by atoms with E-state index in [9.17, 15) is 0 Å². The van der Waals surface area contributed by atoms with Gasteiger partial charge in [0.05, 0.1) is 6.34 Å². The molecule has 0 spiro atoms. The fourth-order valence-corrected chi connectivity index (χ4v) is 2.70. The number of allylic oxidation sites excluding steroid dienone is 2. The number of rotatable bonds is 14. The molecule has 0 aromatic rings. The first-order valence-corrected chi connectivity index (χ1v) is 8.86. The number of aliphatic imine (C=N–C) groups is 1. The summed E-state index contributed by atoms with van der Waals surface area (Å²) < 4.78 is 0. The Kier molecular flexibility index (Phi) is 12.6. The Bertz CT molecular complexity index is 344. The summed E-state index contributed by atoms with van der Waals surface area (Å²) in [5.41, 5.74) is 0.121. The molecule has 1 unspecified atom stereocenters. The third-order valence-electron chi connectivity index (χ3n) is 4.21. The van der Waals surface area contributed by atoms with Crippen LogP contribution in [0.1, 0.15) is 78.6 Å². The Balaban J connectivity index is 4.80. The SMILES string of the molecule is C=C/C=C\N=C/N(C=C)C(C)(CCCCC)CCCCCC. The van der Waals surface area contributed by atoms with Gasteiger partial charge in [-0.3, -0.25) is 0 Å². The minimum atomic E-state index is 0.121. The highest BCUT2D eigenvalue weighted by Crippen LogP contribution is 2.28. The van der Waals surface area contributed by atoms with Crippen LogP contribution in [0.4, 0.5) is 0 Å². The fraction of sp³-hybridized carbons (Fsp3) is 0.650. The molecule has 0 saturated carbocycles. The molecule has 0 aromatic carbocycles. The molecule has 0 saturated heterocycles. The van der Waals surface area contributed by atoms with E-state index in [0.29, 0.717) is 0 Å². The molecule has 0 N–H and O–H groups in total. The molecular formula is C20H36N2. The summed E-state index contributed by atoms with van der Waals surface area (Å²) in [6, 6.07) is 0. The lowest BCUT2D eigenvalue weighted by Gasteiger charge is -2.38. The van der Waals surface area contributed by atoms with Gasteiger partial charge in [-0.15, -0.1) is 0 Å². The van der Waals surface area contributed by atoms with Crippen molar-refractivity contribution >= 4 is 6.34 Å². The largest absolute Gasteiger partial charge is 0.334 e. The van der Waals surface area contributed by atoms with Crippen molar-refractivity contribution in [3.05, 3.63) is 37.7 Å². The summed E-state index contributed by atoms with van der Waals surface area (Å²) in [6.07, 6.45) is 20.6. The molecule has 22 heavy (non-hydrogen) atoms. The van der Waals surface area contributed by atoms with Crippen molar-refractivity contribution in [3.63, 3.8) is 0 Å². The van der Waals surface area contributed by atoms with Crippen LogP contribution in [0.2, 0.25) is 0 Å². The monoisotopic (exact) mass is 304 g/mol. The number of hydrogen-bond acceptors (Lipinski definition) is 1. The molecule has 2 nitrogen and oxygen atoms in total. The summed E-state index contributed by atoms with van der Waals surface area (Å²) in [7, 11) is 0. The maximum absolute atomic E-state index is 4.35. The average molecular weight is 305 g/mol. The van der Waals surface area contributed by atoms with E-state index in [-0.39, 0.29) is 5.54 Å². The Hall–Kier alpha value is -1.31. The van der Waals surface area contributed by atoms with E-state index in [2.05, 4.69) is 43.8 Å². The van der Waals surface area contributed by atoms with Gasteiger partial charge in [-0.25, -0.2) is 4.99 Å². The lowest BCUT2D eigenvalue weighted by Crippen LogP contribution is -2.42. The molecule has 0 aliphatic carbocycles. The first-order valence-electron chi connectivity index (χ1n) is 8.86. The first-order chi connectivity index (χ1) is 10.6. The summed E-state index contributed by atoms with van der Waals surface area (Å²) in [5.74, 6) is 0. The maximum Gasteiger partial charge on any atom is 0.0949 e. The van der Waals surface area contributed by atoms with E-state index in [0.717, 1.165) is 0 Å². The lowest BCUT2D eigenvalue weighted by molar-refractivity contribution is 0.211. The van der Waals surface area contributed by atoms with Crippen LogP contribution in [0.15, 0.2) is 42.7 Å². The predicted molar refractivity (Wildman–Crippen MR) is 101 cm³/mol. The summed E-state index contributed by atoms with van der Waals surface area (Å²) in [5, 5.41) is 0. The molecule has 0 amide bonds. The van der Waals surface area contributed by atoms with Gasteiger partial charge in [-0.2, -0.15) is 0 Å². The lowest BCUT2D eigenvalue weighted by atomic mass is 9.87. The Morgan fingerprint density at radius 1 is 0.955 bits per heavy atom. The van der Waals surface area contributed by atoms with Crippen LogP contribution in [0, 0.1) is 0 Å². The van der Waals surface area contributed by atoms with Crippen molar-refractivity contribution in [1.29, 1.82) is 0 Å². The van der Waals surface area contributed by atoms with E-state index >= 15 is 0 Å². The van der Waals surface area contributed by atoms with Crippen LogP contribution < -0.4 is 0 Å². The van der Waals surface area contributed by atoms with Gasteiger partial charge in [0.1, 0.15) is 0 Å². The molecule has 0 rings (SSSR count). The van der Waals surface area contributed by atoms with Gasteiger partial charge in [0.2, 0.25) is 0 Å². The zero-order valence-electron chi connectivity index (χ0n) is 15.1. The van der Waals surface area contributed by atoms with Crippen molar-refractivity contribution in [3.8, 4) is 0 Å². The summed E-state index contributed by atoms with van der Waals surface area (Å²) >= 11 is 0. The second-order valence-electron chi connectivity index (χ2n) is 6.20. The summed E-state index contributed by atoms with van der Waals surface area (Å²) in [6.45, 7) is 14.5. The van der Waals surface area contributed by atoms with Crippen LogP contribution in [0.3, 0.4) is 0 Å². The second-order valence-corrected chi connectivity index (χ2v) is 6.20. The quantitative estimate of drug-likeness (QED) is 0.155. The third-order valence-corrected chi connectivity index (χ3v) is 4.21.